The quantitative estimate of drug-likeness (QED) is 0.596. The molecule has 0 N–H and O–H groups in total. The highest BCUT2D eigenvalue weighted by Crippen LogP contribution is 2.39. The van der Waals surface area contributed by atoms with E-state index in [1.54, 1.807) is 14.2 Å². The molecular weight excluding hydrogens is 378 g/mol. The molecule has 4 rings (SSSR count). The summed E-state index contributed by atoms with van der Waals surface area (Å²) < 4.78 is 16.5. The molecule has 28 heavy (non-hydrogen) atoms. The highest BCUT2D eigenvalue weighted by atomic mass is 35.5. The molecule has 0 spiro atoms. The molecule has 1 aliphatic heterocycles. The highest BCUT2D eigenvalue weighted by molar-refractivity contribution is 6.30. The molecule has 2 heterocycles. The minimum Gasteiger partial charge on any atom is -0.497 e. The van der Waals surface area contributed by atoms with Crippen molar-refractivity contribution in [2.75, 3.05) is 20.8 Å². The fraction of sp³-hybridized carbons (Fsp3) is 0.333. The van der Waals surface area contributed by atoms with Crippen molar-refractivity contribution in [2.45, 2.75) is 25.4 Å². The Balaban J connectivity index is 1.54. The van der Waals surface area contributed by atoms with Crippen LogP contribution in [0.1, 0.15) is 30.3 Å². The zero-order chi connectivity index (χ0) is 19.5. The normalized spacial score (nSPS) is 17.0. The Morgan fingerprint density at radius 1 is 1.14 bits per heavy atom. The number of nitrogens with zero attached hydrogens (tertiary/aromatic N) is 3. The number of rotatable bonds is 6. The van der Waals surface area contributed by atoms with E-state index < -0.39 is 0 Å². The minimum absolute atomic E-state index is 0.218. The Bertz CT molecular complexity index is 942. The molecule has 0 saturated carbocycles. The van der Waals surface area contributed by atoms with E-state index in [-0.39, 0.29) is 6.04 Å². The zero-order valence-electron chi connectivity index (χ0n) is 15.9. The predicted octanol–water partition coefficient (Wildman–Crippen LogP) is 4.74. The number of ether oxygens (including phenoxy) is 2. The van der Waals surface area contributed by atoms with Crippen molar-refractivity contribution in [1.29, 1.82) is 0 Å². The molecular formula is C21H22ClN3O3. The maximum atomic E-state index is 5.95. The van der Waals surface area contributed by atoms with Crippen LogP contribution in [0.25, 0.3) is 11.4 Å². The first-order valence-electron chi connectivity index (χ1n) is 9.22. The van der Waals surface area contributed by atoms with Crippen molar-refractivity contribution in [2.24, 2.45) is 0 Å². The molecule has 1 aliphatic rings. The van der Waals surface area contributed by atoms with Gasteiger partial charge in [-0.2, -0.15) is 4.98 Å². The Morgan fingerprint density at radius 3 is 2.71 bits per heavy atom. The summed E-state index contributed by atoms with van der Waals surface area (Å²) in [5.41, 5.74) is 2.00. The van der Waals surface area contributed by atoms with E-state index in [1.165, 1.54) is 0 Å². The van der Waals surface area contributed by atoms with Crippen LogP contribution in [-0.2, 0) is 6.54 Å². The number of likely N-dealkylation sites (tertiary alicyclic amines) is 1. The summed E-state index contributed by atoms with van der Waals surface area (Å²) in [6.07, 6.45) is 2.14. The van der Waals surface area contributed by atoms with Gasteiger partial charge >= 0.3 is 0 Å². The van der Waals surface area contributed by atoms with Crippen LogP contribution in [0.5, 0.6) is 11.5 Å². The van der Waals surface area contributed by atoms with Crippen LogP contribution < -0.4 is 9.47 Å². The van der Waals surface area contributed by atoms with Gasteiger partial charge in [-0.1, -0.05) is 16.8 Å². The molecule has 1 fully saturated rings. The van der Waals surface area contributed by atoms with Crippen LogP contribution in [0.15, 0.2) is 47.0 Å². The summed E-state index contributed by atoms with van der Waals surface area (Å²) >= 11 is 5.95. The van der Waals surface area contributed by atoms with Crippen LogP contribution >= 0.6 is 11.6 Å². The summed E-state index contributed by atoms with van der Waals surface area (Å²) in [6, 6.07) is 13.5. The molecule has 146 valence electrons. The predicted molar refractivity (Wildman–Crippen MR) is 107 cm³/mol. The Labute approximate surface area is 169 Å². The largest absolute Gasteiger partial charge is 0.497 e. The van der Waals surface area contributed by atoms with Gasteiger partial charge in [-0.15, -0.1) is 0 Å². The maximum Gasteiger partial charge on any atom is 0.241 e. The Hall–Kier alpha value is -2.57. The average molecular weight is 400 g/mol. The molecule has 0 radical (unpaired) electrons. The lowest BCUT2D eigenvalue weighted by atomic mass is 10.0. The molecule has 0 unspecified atom stereocenters. The van der Waals surface area contributed by atoms with Gasteiger partial charge in [0.1, 0.15) is 11.5 Å². The fourth-order valence-corrected chi connectivity index (χ4v) is 3.80. The summed E-state index contributed by atoms with van der Waals surface area (Å²) in [5, 5.41) is 4.80. The molecule has 0 aliphatic carbocycles. The van der Waals surface area contributed by atoms with E-state index >= 15 is 0 Å². The van der Waals surface area contributed by atoms with Gasteiger partial charge in [-0.25, -0.2) is 0 Å². The van der Waals surface area contributed by atoms with Crippen molar-refractivity contribution in [3.8, 4) is 22.9 Å². The van der Waals surface area contributed by atoms with Crippen molar-refractivity contribution >= 4 is 11.6 Å². The molecule has 2 aromatic carbocycles. The van der Waals surface area contributed by atoms with Crippen molar-refractivity contribution in [3.05, 3.63) is 58.9 Å². The second-order valence-electron chi connectivity index (χ2n) is 6.75. The van der Waals surface area contributed by atoms with Crippen LogP contribution in [0.4, 0.5) is 0 Å². The summed E-state index contributed by atoms with van der Waals surface area (Å²) in [7, 11) is 3.37. The van der Waals surface area contributed by atoms with E-state index in [0.717, 1.165) is 42.0 Å². The summed E-state index contributed by atoms with van der Waals surface area (Å²) in [5.74, 6) is 2.86. The summed E-state index contributed by atoms with van der Waals surface area (Å²) in [4.78, 5) is 6.90. The van der Waals surface area contributed by atoms with Crippen LogP contribution in [0.2, 0.25) is 5.02 Å². The van der Waals surface area contributed by atoms with Gasteiger partial charge in [0.2, 0.25) is 11.7 Å². The molecule has 0 bridgehead atoms. The lowest BCUT2D eigenvalue weighted by molar-refractivity contribution is 0.209. The number of hydrogen-bond donors (Lipinski definition) is 0. The summed E-state index contributed by atoms with van der Waals surface area (Å²) in [6.45, 7) is 1.55. The van der Waals surface area contributed by atoms with E-state index in [0.29, 0.717) is 23.3 Å². The number of benzene rings is 2. The Kier molecular flexibility index (Phi) is 5.50. The monoisotopic (exact) mass is 399 g/mol. The molecule has 1 saturated heterocycles. The van der Waals surface area contributed by atoms with Gasteiger partial charge in [-0.05, 0) is 61.9 Å². The fourth-order valence-electron chi connectivity index (χ4n) is 3.68. The van der Waals surface area contributed by atoms with Gasteiger partial charge in [0, 0.05) is 22.2 Å². The van der Waals surface area contributed by atoms with Crippen molar-refractivity contribution < 1.29 is 14.0 Å². The number of aromatic nitrogens is 2. The molecule has 7 heteroatoms. The minimum atomic E-state index is 0.218. The topological polar surface area (TPSA) is 60.6 Å². The number of halogens is 1. The van der Waals surface area contributed by atoms with Crippen LogP contribution in [0.3, 0.4) is 0 Å². The van der Waals surface area contributed by atoms with Gasteiger partial charge in [0.05, 0.1) is 20.8 Å². The molecule has 0 amide bonds. The molecule has 1 aromatic heterocycles. The maximum absolute atomic E-state index is 5.95. The SMILES string of the molecule is COc1ccc(OC)c([C@@H]2CCCN2Cc2nc(-c3ccc(Cl)cc3)no2)c1. The van der Waals surface area contributed by atoms with Crippen molar-refractivity contribution in [3.63, 3.8) is 0 Å². The van der Waals surface area contributed by atoms with Gasteiger partial charge in [-0.3, -0.25) is 4.90 Å². The number of hydrogen-bond acceptors (Lipinski definition) is 6. The first-order chi connectivity index (χ1) is 13.7. The molecule has 3 aromatic rings. The lowest BCUT2D eigenvalue weighted by Gasteiger charge is -2.25. The highest BCUT2D eigenvalue weighted by Gasteiger charge is 2.30. The number of methoxy groups -OCH3 is 2. The van der Waals surface area contributed by atoms with Crippen molar-refractivity contribution in [1.82, 2.24) is 15.0 Å². The van der Waals surface area contributed by atoms with Gasteiger partial charge in [0.25, 0.3) is 0 Å². The third-order valence-electron chi connectivity index (χ3n) is 5.07. The second-order valence-corrected chi connectivity index (χ2v) is 7.19. The third kappa shape index (κ3) is 3.84. The molecule has 1 atom stereocenters. The van der Waals surface area contributed by atoms with Crippen LogP contribution in [-0.4, -0.2) is 35.8 Å². The van der Waals surface area contributed by atoms with E-state index in [2.05, 4.69) is 21.1 Å². The first-order valence-corrected chi connectivity index (χ1v) is 9.60. The third-order valence-corrected chi connectivity index (χ3v) is 5.32. The van der Waals surface area contributed by atoms with E-state index in [4.69, 9.17) is 25.6 Å². The average Bonchev–Trinajstić information content (AvgIpc) is 3.38. The smallest absolute Gasteiger partial charge is 0.241 e. The second kappa shape index (κ2) is 8.20. The van der Waals surface area contributed by atoms with Crippen LogP contribution in [0, 0.1) is 0 Å². The first kappa shape index (κ1) is 18.8. The van der Waals surface area contributed by atoms with E-state index in [1.807, 2.05) is 36.4 Å². The molecule has 6 nitrogen and oxygen atoms in total. The standard InChI is InChI=1S/C21H22ClN3O3/c1-26-16-9-10-19(27-2)17(12-16)18-4-3-11-25(18)13-20-23-21(24-28-20)14-5-7-15(22)8-6-14/h5-10,12,18H,3-4,11,13H2,1-2H3/t18-/m0/s1. The lowest BCUT2D eigenvalue weighted by Crippen LogP contribution is -2.23. The zero-order valence-corrected chi connectivity index (χ0v) is 16.6. The van der Waals surface area contributed by atoms with Gasteiger partial charge in [0.15, 0.2) is 0 Å². The van der Waals surface area contributed by atoms with E-state index in [9.17, 15) is 0 Å². The van der Waals surface area contributed by atoms with Gasteiger partial charge < -0.3 is 14.0 Å². The Morgan fingerprint density at radius 2 is 1.96 bits per heavy atom.